The Kier molecular flexibility index (Phi) is 2.69. The van der Waals surface area contributed by atoms with Crippen molar-refractivity contribution in [3.63, 3.8) is 0 Å². The monoisotopic (exact) mass is 296 g/mol. The Bertz CT molecular complexity index is 479. The van der Waals surface area contributed by atoms with Crippen LogP contribution in [0.15, 0.2) is 0 Å². The molecule has 1 spiro atoms. The summed E-state index contributed by atoms with van der Waals surface area (Å²) < 4.78 is 21.7. The van der Waals surface area contributed by atoms with E-state index in [2.05, 4.69) is 6.92 Å². The van der Waals surface area contributed by atoms with Crippen molar-refractivity contribution >= 4 is 12.3 Å². The molecule has 0 aromatic carbocycles. The molecule has 0 radical (unpaired) electrons. The number of carbonyl (C=O) groups excluding carboxylic acids is 2. The number of rotatable bonds is 1. The summed E-state index contributed by atoms with van der Waals surface area (Å²) in [7, 11) is 0. The predicted octanol–water partition coefficient (Wildman–Crippen LogP) is 3.13. The Morgan fingerprint density at radius 3 is 2.43 bits per heavy atom. The maximum absolute atomic E-state index is 11.9. The van der Waals surface area contributed by atoms with Crippen LogP contribution in [0.4, 0.5) is 9.59 Å². The fourth-order valence-electron chi connectivity index (χ4n) is 4.63. The molecule has 3 atom stereocenters. The maximum Gasteiger partial charge on any atom is 0.512 e. The summed E-state index contributed by atoms with van der Waals surface area (Å²) >= 11 is 0. The van der Waals surface area contributed by atoms with E-state index in [1.165, 1.54) is 0 Å². The van der Waals surface area contributed by atoms with Crippen LogP contribution in [0.3, 0.4) is 0 Å². The molecule has 0 aromatic heterocycles. The first-order chi connectivity index (χ1) is 10.1. The first-order valence-electron chi connectivity index (χ1n) is 7.87. The van der Waals surface area contributed by atoms with Gasteiger partial charge in [0.2, 0.25) is 0 Å². The van der Waals surface area contributed by atoms with Crippen LogP contribution in [0.1, 0.15) is 51.9 Å². The van der Waals surface area contributed by atoms with Gasteiger partial charge < -0.3 is 18.9 Å². The lowest BCUT2D eigenvalue weighted by Crippen LogP contribution is -2.64. The zero-order valence-electron chi connectivity index (χ0n) is 12.1. The van der Waals surface area contributed by atoms with Crippen molar-refractivity contribution in [1.29, 1.82) is 0 Å². The van der Waals surface area contributed by atoms with Gasteiger partial charge in [-0.3, -0.25) is 0 Å². The van der Waals surface area contributed by atoms with Crippen LogP contribution in [-0.2, 0) is 18.9 Å². The molecule has 2 saturated heterocycles. The highest BCUT2D eigenvalue weighted by Crippen LogP contribution is 2.58. The fraction of sp³-hybridized carbons (Fsp3) is 0.867. The standard InChI is InChI=1S/C15H20O6/c1-9-4-6-10(7-5-9)14-8-2-3-11-15(14,20-12(16)18-11)21-13(17)19-14/h9-11H,2-8H2,1H3. The van der Waals surface area contributed by atoms with Gasteiger partial charge in [0, 0.05) is 5.92 Å². The Morgan fingerprint density at radius 1 is 0.952 bits per heavy atom. The molecule has 0 amide bonds. The largest absolute Gasteiger partial charge is 0.512 e. The highest BCUT2D eigenvalue weighted by Gasteiger charge is 2.77. The predicted molar refractivity (Wildman–Crippen MR) is 69.4 cm³/mol. The van der Waals surface area contributed by atoms with E-state index in [4.69, 9.17) is 18.9 Å². The van der Waals surface area contributed by atoms with Gasteiger partial charge in [0.05, 0.1) is 0 Å². The van der Waals surface area contributed by atoms with Crippen molar-refractivity contribution in [2.24, 2.45) is 11.8 Å². The van der Waals surface area contributed by atoms with Gasteiger partial charge in [-0.15, -0.1) is 0 Å². The van der Waals surface area contributed by atoms with E-state index < -0.39 is 29.8 Å². The second-order valence-electron chi connectivity index (χ2n) is 6.82. The van der Waals surface area contributed by atoms with Gasteiger partial charge in [0.1, 0.15) is 0 Å². The van der Waals surface area contributed by atoms with Gasteiger partial charge in [0.25, 0.3) is 0 Å². The number of hydrogen-bond donors (Lipinski definition) is 0. The zero-order valence-corrected chi connectivity index (χ0v) is 12.1. The normalized spacial score (nSPS) is 48.5. The average molecular weight is 296 g/mol. The lowest BCUT2D eigenvalue weighted by molar-refractivity contribution is -0.244. The van der Waals surface area contributed by atoms with Crippen LogP contribution < -0.4 is 0 Å². The van der Waals surface area contributed by atoms with E-state index in [0.717, 1.165) is 32.1 Å². The third kappa shape index (κ3) is 1.64. The van der Waals surface area contributed by atoms with Gasteiger partial charge in [-0.05, 0) is 38.0 Å². The van der Waals surface area contributed by atoms with Crippen LogP contribution in [0.5, 0.6) is 0 Å². The zero-order chi connectivity index (χ0) is 14.7. The number of carbonyl (C=O) groups is 2. The summed E-state index contributed by atoms with van der Waals surface area (Å²) in [5.74, 6) is -0.504. The molecular weight excluding hydrogens is 276 g/mol. The van der Waals surface area contributed by atoms with E-state index in [9.17, 15) is 9.59 Å². The quantitative estimate of drug-likeness (QED) is 0.692. The minimum Gasteiger partial charge on any atom is -0.422 e. The summed E-state index contributed by atoms with van der Waals surface area (Å²) in [6, 6.07) is 0. The van der Waals surface area contributed by atoms with E-state index in [1.54, 1.807) is 0 Å². The first-order valence-corrected chi connectivity index (χ1v) is 7.87. The van der Waals surface area contributed by atoms with Crippen LogP contribution in [-0.4, -0.2) is 29.8 Å². The van der Waals surface area contributed by atoms with Gasteiger partial charge in [-0.25, -0.2) is 9.59 Å². The smallest absolute Gasteiger partial charge is 0.422 e. The van der Waals surface area contributed by atoms with Crippen LogP contribution in [0.2, 0.25) is 0 Å². The summed E-state index contributed by atoms with van der Waals surface area (Å²) in [6.45, 7) is 2.24. The Balaban J connectivity index is 1.73. The Labute approximate surface area is 123 Å². The molecule has 21 heavy (non-hydrogen) atoms. The number of ether oxygens (including phenoxy) is 4. The molecule has 6 nitrogen and oxygen atoms in total. The Morgan fingerprint density at radius 2 is 1.67 bits per heavy atom. The van der Waals surface area contributed by atoms with Gasteiger partial charge in [0.15, 0.2) is 11.7 Å². The minimum absolute atomic E-state index is 0.164. The fourth-order valence-corrected chi connectivity index (χ4v) is 4.63. The molecule has 0 N–H and O–H groups in total. The van der Waals surface area contributed by atoms with Crippen molar-refractivity contribution < 1.29 is 28.5 Å². The molecule has 2 heterocycles. The van der Waals surface area contributed by atoms with Gasteiger partial charge in [-0.2, -0.15) is 0 Å². The van der Waals surface area contributed by atoms with E-state index >= 15 is 0 Å². The molecule has 116 valence electrons. The van der Waals surface area contributed by atoms with Crippen molar-refractivity contribution in [3.05, 3.63) is 0 Å². The lowest BCUT2D eigenvalue weighted by Gasteiger charge is -2.47. The molecule has 4 rings (SSSR count). The third-order valence-electron chi connectivity index (χ3n) is 5.68. The highest BCUT2D eigenvalue weighted by atomic mass is 16.9. The second-order valence-corrected chi connectivity index (χ2v) is 6.82. The average Bonchev–Trinajstić information content (AvgIpc) is 2.91. The van der Waals surface area contributed by atoms with Crippen molar-refractivity contribution in [2.75, 3.05) is 0 Å². The number of hydrogen-bond acceptors (Lipinski definition) is 6. The molecular formula is C15H20O6. The molecule has 6 heteroatoms. The molecule has 4 aliphatic rings. The molecule has 2 saturated carbocycles. The van der Waals surface area contributed by atoms with E-state index in [-0.39, 0.29) is 5.92 Å². The second kappa shape index (κ2) is 4.27. The van der Waals surface area contributed by atoms with E-state index in [1.807, 2.05) is 0 Å². The summed E-state index contributed by atoms with van der Waals surface area (Å²) in [6.07, 6.45) is 4.24. The van der Waals surface area contributed by atoms with E-state index in [0.29, 0.717) is 18.8 Å². The summed E-state index contributed by atoms with van der Waals surface area (Å²) in [5.41, 5.74) is -0.862. The topological polar surface area (TPSA) is 71.1 Å². The van der Waals surface area contributed by atoms with Crippen LogP contribution in [0, 0.1) is 11.8 Å². The minimum atomic E-state index is -1.36. The van der Waals surface area contributed by atoms with Gasteiger partial charge >= 0.3 is 18.1 Å². The maximum atomic E-state index is 11.9. The first kappa shape index (κ1) is 13.2. The molecule has 3 unspecified atom stereocenters. The summed E-state index contributed by atoms with van der Waals surface area (Å²) in [5, 5.41) is 0. The van der Waals surface area contributed by atoms with Crippen molar-refractivity contribution in [2.45, 2.75) is 69.4 Å². The van der Waals surface area contributed by atoms with Crippen LogP contribution >= 0.6 is 0 Å². The molecule has 0 bridgehead atoms. The highest BCUT2D eigenvalue weighted by molar-refractivity contribution is 5.69. The third-order valence-corrected chi connectivity index (χ3v) is 5.68. The lowest BCUT2D eigenvalue weighted by atomic mass is 9.64. The van der Waals surface area contributed by atoms with Gasteiger partial charge in [-0.1, -0.05) is 19.8 Å². The SMILES string of the molecule is CC1CCC(C23CCCC4OC(=O)OC42OC(=O)O3)CC1. The van der Waals surface area contributed by atoms with Crippen molar-refractivity contribution in [1.82, 2.24) is 0 Å². The Hall–Kier alpha value is -1.46. The molecule has 2 aliphatic carbocycles. The van der Waals surface area contributed by atoms with Crippen LogP contribution in [0.25, 0.3) is 0 Å². The van der Waals surface area contributed by atoms with Crippen molar-refractivity contribution in [3.8, 4) is 0 Å². The molecule has 2 aliphatic heterocycles. The summed E-state index contributed by atoms with van der Waals surface area (Å²) in [4.78, 5) is 23.5. The molecule has 0 aromatic rings. The molecule has 4 fully saturated rings.